The Balaban J connectivity index is 1.40. The maximum Gasteiger partial charge on any atom is 0.278 e. The van der Waals surface area contributed by atoms with E-state index in [1.54, 1.807) is 36.9 Å². The molecule has 10 heteroatoms. The van der Waals surface area contributed by atoms with Crippen molar-refractivity contribution in [3.05, 3.63) is 29.7 Å². The number of hydrogen-bond acceptors (Lipinski definition) is 7. The van der Waals surface area contributed by atoms with E-state index in [2.05, 4.69) is 25.6 Å². The summed E-state index contributed by atoms with van der Waals surface area (Å²) in [6, 6.07) is 3.15. The quantitative estimate of drug-likeness (QED) is 0.573. The molecule has 152 valence electrons. The van der Waals surface area contributed by atoms with Crippen LogP contribution in [0.25, 0.3) is 0 Å². The maximum atomic E-state index is 12.3. The summed E-state index contributed by atoms with van der Waals surface area (Å²) in [4.78, 5) is 24.6. The highest BCUT2D eigenvalue weighted by molar-refractivity contribution is 5.93. The van der Waals surface area contributed by atoms with Gasteiger partial charge in [-0.15, -0.1) is 0 Å². The van der Waals surface area contributed by atoms with Crippen LogP contribution < -0.4 is 15.4 Å². The van der Waals surface area contributed by atoms with E-state index >= 15 is 0 Å². The van der Waals surface area contributed by atoms with Gasteiger partial charge in [0.15, 0.2) is 0 Å². The first-order valence-corrected chi connectivity index (χ1v) is 9.25. The van der Waals surface area contributed by atoms with Crippen LogP contribution in [0, 0.1) is 12.8 Å². The van der Waals surface area contributed by atoms with Gasteiger partial charge in [-0.2, -0.15) is 0 Å². The molecular weight excluding hydrogens is 366 g/mol. The second-order valence-electron chi connectivity index (χ2n) is 6.96. The number of rotatable bonds is 7. The number of aliphatic hydroxyl groups is 1. The number of aryl methyl sites for hydroxylation is 2. The first kappa shape index (κ1) is 19.9. The van der Waals surface area contributed by atoms with Crippen molar-refractivity contribution >= 4 is 11.8 Å². The third kappa shape index (κ3) is 4.69. The van der Waals surface area contributed by atoms with Gasteiger partial charge in [-0.05, 0) is 43.5 Å². The molecule has 3 N–H and O–H groups in total. The van der Waals surface area contributed by atoms with Gasteiger partial charge in [-0.1, -0.05) is 5.16 Å². The number of ether oxygens (including phenoxy) is 1. The molecule has 1 aliphatic rings. The molecule has 0 saturated heterocycles. The minimum atomic E-state index is -0.770. The molecule has 3 atom stereocenters. The van der Waals surface area contributed by atoms with Gasteiger partial charge in [0.05, 0.1) is 18.7 Å². The van der Waals surface area contributed by atoms with Crippen LogP contribution in [-0.4, -0.2) is 57.1 Å². The summed E-state index contributed by atoms with van der Waals surface area (Å²) in [7, 11) is 1.79. The molecule has 2 amide bonds. The van der Waals surface area contributed by atoms with E-state index in [-0.39, 0.29) is 30.4 Å². The summed E-state index contributed by atoms with van der Waals surface area (Å²) in [6.07, 6.45) is 2.45. The molecule has 2 aromatic heterocycles. The van der Waals surface area contributed by atoms with Crippen molar-refractivity contribution in [2.75, 3.05) is 13.2 Å². The highest BCUT2D eigenvalue weighted by atomic mass is 16.6. The maximum absolute atomic E-state index is 12.3. The van der Waals surface area contributed by atoms with Crippen LogP contribution in [0.4, 0.5) is 0 Å². The smallest absolute Gasteiger partial charge is 0.278 e. The molecule has 0 aromatic carbocycles. The van der Waals surface area contributed by atoms with Gasteiger partial charge in [0.2, 0.25) is 5.91 Å². The third-order valence-corrected chi connectivity index (χ3v) is 4.93. The van der Waals surface area contributed by atoms with Crippen LogP contribution in [0.15, 0.2) is 23.0 Å². The standard InChI is InChI=1S/C18H25N5O5/c1-11-18(22-28-21-11)27-9-7-19-16(25)12-5-6-13(15(24)10-12)20-17(26)14-4-3-8-23(14)2/h3-4,8,12-13,15,24H,5-7,9-10H2,1-2H3,(H,19,25)(H,20,26)/t12-,13+,15+/m0/s1. The Morgan fingerprint density at radius 2 is 2.21 bits per heavy atom. The second kappa shape index (κ2) is 8.87. The Morgan fingerprint density at radius 3 is 2.86 bits per heavy atom. The zero-order valence-corrected chi connectivity index (χ0v) is 15.9. The molecule has 0 bridgehead atoms. The lowest BCUT2D eigenvalue weighted by Crippen LogP contribution is -2.49. The summed E-state index contributed by atoms with van der Waals surface area (Å²) in [5, 5.41) is 23.2. The van der Waals surface area contributed by atoms with Gasteiger partial charge >= 0.3 is 0 Å². The molecule has 28 heavy (non-hydrogen) atoms. The SMILES string of the molecule is Cc1nonc1OCCNC(=O)[C@H]1CC[C@@H](NC(=O)c2cccn2C)[C@H](O)C1. The number of hydrogen-bond donors (Lipinski definition) is 3. The van der Waals surface area contributed by atoms with E-state index in [0.717, 1.165) is 0 Å². The molecule has 0 unspecified atom stereocenters. The lowest BCUT2D eigenvalue weighted by molar-refractivity contribution is -0.127. The van der Waals surface area contributed by atoms with Crippen LogP contribution in [0.1, 0.15) is 35.4 Å². The van der Waals surface area contributed by atoms with Crippen molar-refractivity contribution in [1.29, 1.82) is 0 Å². The molecule has 0 spiro atoms. The number of aromatic nitrogens is 3. The Bertz CT molecular complexity index is 817. The molecule has 3 rings (SSSR count). The fourth-order valence-electron chi connectivity index (χ4n) is 3.31. The van der Waals surface area contributed by atoms with Gasteiger partial charge in [0.25, 0.3) is 11.8 Å². The zero-order valence-electron chi connectivity index (χ0n) is 15.9. The van der Waals surface area contributed by atoms with E-state index < -0.39 is 6.10 Å². The van der Waals surface area contributed by atoms with E-state index in [0.29, 0.717) is 43.1 Å². The first-order valence-electron chi connectivity index (χ1n) is 9.25. The minimum absolute atomic E-state index is 0.134. The molecule has 2 heterocycles. The molecule has 1 fully saturated rings. The van der Waals surface area contributed by atoms with Gasteiger partial charge in [-0.3, -0.25) is 9.59 Å². The highest BCUT2D eigenvalue weighted by Crippen LogP contribution is 2.25. The van der Waals surface area contributed by atoms with Crippen LogP contribution >= 0.6 is 0 Å². The largest absolute Gasteiger partial charge is 0.472 e. The summed E-state index contributed by atoms with van der Waals surface area (Å²) in [5.41, 5.74) is 1.08. The van der Waals surface area contributed by atoms with E-state index in [9.17, 15) is 14.7 Å². The molecule has 0 aliphatic heterocycles. The van der Waals surface area contributed by atoms with E-state index in [4.69, 9.17) is 4.74 Å². The van der Waals surface area contributed by atoms with Crippen molar-refractivity contribution in [2.45, 2.75) is 38.3 Å². The lowest BCUT2D eigenvalue weighted by Gasteiger charge is -2.33. The summed E-state index contributed by atoms with van der Waals surface area (Å²) >= 11 is 0. The number of amides is 2. The molecule has 2 aromatic rings. The minimum Gasteiger partial charge on any atom is -0.472 e. The number of carbonyl (C=O) groups excluding carboxylic acids is 2. The fraction of sp³-hybridized carbons (Fsp3) is 0.556. The van der Waals surface area contributed by atoms with Crippen molar-refractivity contribution < 1.29 is 24.1 Å². The van der Waals surface area contributed by atoms with Crippen LogP contribution in [0.2, 0.25) is 0 Å². The van der Waals surface area contributed by atoms with Crippen molar-refractivity contribution in [1.82, 2.24) is 25.5 Å². The normalized spacial score (nSPS) is 21.9. The van der Waals surface area contributed by atoms with Crippen molar-refractivity contribution in [3.63, 3.8) is 0 Å². The van der Waals surface area contributed by atoms with Gasteiger partial charge < -0.3 is 25.0 Å². The van der Waals surface area contributed by atoms with E-state index in [1.165, 1.54) is 0 Å². The zero-order chi connectivity index (χ0) is 20.1. The highest BCUT2D eigenvalue weighted by Gasteiger charge is 2.33. The third-order valence-electron chi connectivity index (χ3n) is 4.93. The van der Waals surface area contributed by atoms with Crippen LogP contribution in [0.3, 0.4) is 0 Å². The molecule has 1 saturated carbocycles. The predicted octanol–water partition coefficient (Wildman–Crippen LogP) is 0.171. The number of nitrogens with zero attached hydrogens (tertiary/aromatic N) is 3. The van der Waals surface area contributed by atoms with Gasteiger partial charge in [0.1, 0.15) is 18.0 Å². The Kier molecular flexibility index (Phi) is 6.30. The summed E-state index contributed by atoms with van der Waals surface area (Å²) in [5.74, 6) is -0.355. The van der Waals surface area contributed by atoms with Crippen molar-refractivity contribution in [3.8, 4) is 5.88 Å². The predicted molar refractivity (Wildman–Crippen MR) is 97.6 cm³/mol. The topological polar surface area (TPSA) is 132 Å². The fourth-order valence-corrected chi connectivity index (χ4v) is 3.31. The summed E-state index contributed by atoms with van der Waals surface area (Å²) in [6.45, 7) is 2.26. The molecule has 0 radical (unpaired) electrons. The number of nitrogens with one attached hydrogen (secondary N) is 2. The van der Waals surface area contributed by atoms with E-state index in [1.807, 2.05) is 0 Å². The number of carbonyl (C=O) groups is 2. The lowest BCUT2D eigenvalue weighted by atomic mass is 9.83. The van der Waals surface area contributed by atoms with Gasteiger partial charge in [0, 0.05) is 19.2 Å². The van der Waals surface area contributed by atoms with Crippen molar-refractivity contribution in [2.24, 2.45) is 13.0 Å². The monoisotopic (exact) mass is 391 g/mol. The Morgan fingerprint density at radius 1 is 1.39 bits per heavy atom. The Labute approximate surface area is 162 Å². The number of aliphatic hydroxyl groups excluding tert-OH is 1. The second-order valence-corrected chi connectivity index (χ2v) is 6.96. The molecule has 10 nitrogen and oxygen atoms in total. The average Bonchev–Trinajstić information content (AvgIpc) is 3.28. The van der Waals surface area contributed by atoms with Crippen LogP contribution in [0.5, 0.6) is 5.88 Å². The molecule has 1 aliphatic carbocycles. The summed E-state index contributed by atoms with van der Waals surface area (Å²) < 4.78 is 11.6. The van der Waals surface area contributed by atoms with Crippen LogP contribution in [-0.2, 0) is 11.8 Å². The Hall–Kier alpha value is -2.88. The molecular formula is C18H25N5O5. The first-order chi connectivity index (χ1) is 13.5. The van der Waals surface area contributed by atoms with Gasteiger partial charge in [-0.25, -0.2) is 4.63 Å². The average molecular weight is 391 g/mol.